The molecule has 0 fully saturated rings. The first-order valence-corrected chi connectivity index (χ1v) is 6.53. The fourth-order valence-corrected chi connectivity index (χ4v) is 2.09. The standard InChI is InChI=1S/C15H13ClF3NO/c1-9-6-11(16)3-5-13(9)21-14-4-2-10(8-20)7-12(14)15(17,18)19/h2-7H,8,20H2,1H3. The zero-order chi connectivity index (χ0) is 15.6. The minimum Gasteiger partial charge on any atom is -0.456 e. The molecule has 2 aromatic carbocycles. The van der Waals surface area contributed by atoms with Gasteiger partial charge in [-0.2, -0.15) is 13.2 Å². The van der Waals surface area contributed by atoms with Crippen LogP contribution in [0.5, 0.6) is 11.5 Å². The largest absolute Gasteiger partial charge is 0.456 e. The molecule has 6 heteroatoms. The Labute approximate surface area is 125 Å². The van der Waals surface area contributed by atoms with Crippen LogP contribution in [0.4, 0.5) is 13.2 Å². The highest BCUT2D eigenvalue weighted by molar-refractivity contribution is 6.30. The lowest BCUT2D eigenvalue weighted by molar-refractivity contribution is -0.138. The van der Waals surface area contributed by atoms with Crippen molar-refractivity contribution in [2.75, 3.05) is 0 Å². The second-order valence-electron chi connectivity index (χ2n) is 4.54. The maximum Gasteiger partial charge on any atom is 0.419 e. The molecule has 2 nitrogen and oxygen atoms in total. The van der Waals surface area contributed by atoms with Crippen LogP contribution in [0, 0.1) is 6.92 Å². The molecular weight excluding hydrogens is 303 g/mol. The Bertz CT molecular complexity index is 656. The molecule has 21 heavy (non-hydrogen) atoms. The highest BCUT2D eigenvalue weighted by atomic mass is 35.5. The molecule has 2 aromatic rings. The summed E-state index contributed by atoms with van der Waals surface area (Å²) in [5, 5.41) is 0.495. The molecule has 0 aliphatic rings. The summed E-state index contributed by atoms with van der Waals surface area (Å²) in [5.41, 5.74) is 5.58. The average Bonchev–Trinajstić information content (AvgIpc) is 2.41. The van der Waals surface area contributed by atoms with Crippen molar-refractivity contribution in [3.8, 4) is 11.5 Å². The van der Waals surface area contributed by atoms with Crippen LogP contribution in [0.25, 0.3) is 0 Å². The monoisotopic (exact) mass is 315 g/mol. The van der Waals surface area contributed by atoms with Gasteiger partial charge in [-0.1, -0.05) is 17.7 Å². The number of aryl methyl sites for hydroxylation is 1. The van der Waals surface area contributed by atoms with Gasteiger partial charge in [-0.3, -0.25) is 0 Å². The van der Waals surface area contributed by atoms with E-state index in [1.54, 1.807) is 19.1 Å². The van der Waals surface area contributed by atoms with E-state index in [2.05, 4.69) is 0 Å². The molecule has 0 atom stereocenters. The van der Waals surface area contributed by atoms with E-state index >= 15 is 0 Å². The number of hydrogen-bond donors (Lipinski definition) is 1. The van der Waals surface area contributed by atoms with Crippen molar-refractivity contribution in [2.24, 2.45) is 5.73 Å². The molecule has 0 aromatic heterocycles. The van der Waals surface area contributed by atoms with Gasteiger partial charge in [0.15, 0.2) is 0 Å². The average molecular weight is 316 g/mol. The first kappa shape index (κ1) is 15.7. The molecule has 0 saturated heterocycles. The predicted molar refractivity (Wildman–Crippen MR) is 75.6 cm³/mol. The Morgan fingerprint density at radius 1 is 1.10 bits per heavy atom. The van der Waals surface area contributed by atoms with Gasteiger partial charge < -0.3 is 10.5 Å². The van der Waals surface area contributed by atoms with E-state index in [-0.39, 0.29) is 12.3 Å². The zero-order valence-corrected chi connectivity index (χ0v) is 11.9. The van der Waals surface area contributed by atoms with Crippen molar-refractivity contribution in [3.63, 3.8) is 0 Å². The molecule has 112 valence electrons. The van der Waals surface area contributed by atoms with Gasteiger partial charge in [0.1, 0.15) is 11.5 Å². The molecular formula is C15H13ClF3NO. The molecule has 0 spiro atoms. The van der Waals surface area contributed by atoms with Crippen LogP contribution in [-0.2, 0) is 12.7 Å². The number of nitrogens with two attached hydrogens (primary N) is 1. The van der Waals surface area contributed by atoms with Crippen LogP contribution in [-0.4, -0.2) is 0 Å². The van der Waals surface area contributed by atoms with Crippen molar-refractivity contribution in [1.82, 2.24) is 0 Å². The first-order chi connectivity index (χ1) is 9.81. The Balaban J connectivity index is 2.44. The lowest BCUT2D eigenvalue weighted by Gasteiger charge is -2.16. The number of alkyl halides is 3. The quantitative estimate of drug-likeness (QED) is 0.872. The molecule has 0 amide bonds. The second-order valence-corrected chi connectivity index (χ2v) is 4.98. The third kappa shape index (κ3) is 3.68. The van der Waals surface area contributed by atoms with Crippen molar-refractivity contribution in [2.45, 2.75) is 19.6 Å². The van der Waals surface area contributed by atoms with Crippen molar-refractivity contribution in [1.29, 1.82) is 0 Å². The Kier molecular flexibility index (Phi) is 4.44. The van der Waals surface area contributed by atoms with Crippen LogP contribution in [0.15, 0.2) is 36.4 Å². The molecule has 0 aliphatic heterocycles. The number of hydrogen-bond acceptors (Lipinski definition) is 2. The highest BCUT2D eigenvalue weighted by Gasteiger charge is 2.34. The summed E-state index contributed by atoms with van der Waals surface area (Å²) in [5.74, 6) is 0.0653. The van der Waals surface area contributed by atoms with Crippen molar-refractivity contribution >= 4 is 11.6 Å². The van der Waals surface area contributed by atoms with Gasteiger partial charge in [0.2, 0.25) is 0 Å². The van der Waals surface area contributed by atoms with Gasteiger partial charge in [-0.25, -0.2) is 0 Å². The Hall–Kier alpha value is -1.72. The van der Waals surface area contributed by atoms with E-state index in [9.17, 15) is 13.2 Å². The Morgan fingerprint density at radius 2 is 1.76 bits per heavy atom. The lowest BCUT2D eigenvalue weighted by Crippen LogP contribution is -2.09. The van der Waals surface area contributed by atoms with Gasteiger partial charge in [0.25, 0.3) is 0 Å². The summed E-state index contributed by atoms with van der Waals surface area (Å²) in [6, 6.07) is 8.51. The number of halogens is 4. The molecule has 0 aliphatic carbocycles. The first-order valence-electron chi connectivity index (χ1n) is 6.15. The van der Waals surface area contributed by atoms with Crippen LogP contribution in [0.2, 0.25) is 5.02 Å². The SMILES string of the molecule is Cc1cc(Cl)ccc1Oc1ccc(CN)cc1C(F)(F)F. The zero-order valence-electron chi connectivity index (χ0n) is 11.2. The third-order valence-electron chi connectivity index (χ3n) is 2.94. The Morgan fingerprint density at radius 3 is 2.33 bits per heavy atom. The smallest absolute Gasteiger partial charge is 0.419 e. The summed E-state index contributed by atoms with van der Waals surface area (Å²) in [6.45, 7) is 1.74. The van der Waals surface area contributed by atoms with E-state index in [1.165, 1.54) is 18.2 Å². The fraction of sp³-hybridized carbons (Fsp3) is 0.200. The number of benzene rings is 2. The van der Waals surface area contributed by atoms with Crippen LogP contribution >= 0.6 is 11.6 Å². The topological polar surface area (TPSA) is 35.2 Å². The minimum absolute atomic E-state index is 0.0311. The number of ether oxygens (including phenoxy) is 1. The summed E-state index contributed by atoms with van der Waals surface area (Å²) in [7, 11) is 0. The van der Waals surface area contributed by atoms with Gasteiger partial charge in [0.05, 0.1) is 5.56 Å². The number of rotatable bonds is 3. The molecule has 0 heterocycles. The van der Waals surface area contributed by atoms with E-state index in [4.69, 9.17) is 22.1 Å². The predicted octanol–water partition coefficient (Wildman–Crippen LogP) is 4.92. The molecule has 0 bridgehead atoms. The molecule has 0 radical (unpaired) electrons. The van der Waals surface area contributed by atoms with E-state index in [0.29, 0.717) is 21.9 Å². The van der Waals surface area contributed by atoms with Crippen LogP contribution in [0.3, 0.4) is 0 Å². The molecule has 0 saturated carbocycles. The van der Waals surface area contributed by atoms with Crippen molar-refractivity contribution in [3.05, 3.63) is 58.1 Å². The van der Waals surface area contributed by atoms with E-state index < -0.39 is 11.7 Å². The maximum absolute atomic E-state index is 13.1. The highest BCUT2D eigenvalue weighted by Crippen LogP contribution is 2.39. The molecule has 2 N–H and O–H groups in total. The fourth-order valence-electron chi connectivity index (χ4n) is 1.86. The normalized spacial score (nSPS) is 11.5. The third-order valence-corrected chi connectivity index (χ3v) is 3.18. The maximum atomic E-state index is 13.1. The second kappa shape index (κ2) is 5.95. The lowest BCUT2D eigenvalue weighted by atomic mass is 10.1. The molecule has 0 unspecified atom stereocenters. The van der Waals surface area contributed by atoms with Crippen LogP contribution < -0.4 is 10.5 Å². The van der Waals surface area contributed by atoms with Gasteiger partial charge >= 0.3 is 6.18 Å². The summed E-state index contributed by atoms with van der Waals surface area (Å²) < 4.78 is 44.7. The van der Waals surface area contributed by atoms with Crippen molar-refractivity contribution < 1.29 is 17.9 Å². The van der Waals surface area contributed by atoms with E-state index in [1.807, 2.05) is 0 Å². The summed E-state index contributed by atoms with van der Waals surface area (Å²) in [4.78, 5) is 0. The van der Waals surface area contributed by atoms with Crippen LogP contribution in [0.1, 0.15) is 16.7 Å². The van der Waals surface area contributed by atoms with Gasteiger partial charge in [-0.15, -0.1) is 0 Å². The van der Waals surface area contributed by atoms with Gasteiger partial charge in [-0.05, 0) is 48.4 Å². The van der Waals surface area contributed by atoms with E-state index in [0.717, 1.165) is 6.07 Å². The summed E-state index contributed by atoms with van der Waals surface area (Å²) in [6.07, 6.45) is -4.51. The minimum atomic E-state index is -4.51. The summed E-state index contributed by atoms with van der Waals surface area (Å²) >= 11 is 5.81. The van der Waals surface area contributed by atoms with Gasteiger partial charge in [0, 0.05) is 11.6 Å². The molecule has 2 rings (SSSR count).